The topological polar surface area (TPSA) is 113 Å². The van der Waals surface area contributed by atoms with E-state index in [2.05, 4.69) is 20.9 Å². The van der Waals surface area contributed by atoms with Crippen molar-refractivity contribution in [1.82, 2.24) is 25.9 Å². The Morgan fingerprint density at radius 3 is 2.76 bits per heavy atom. The summed E-state index contributed by atoms with van der Waals surface area (Å²) in [5.74, 6) is -0.386. The summed E-state index contributed by atoms with van der Waals surface area (Å²) in [5.41, 5.74) is 2.33. The lowest BCUT2D eigenvalue weighted by atomic mass is 9.76. The van der Waals surface area contributed by atoms with E-state index in [0.717, 1.165) is 0 Å². The standard InChI is InChI=1S/C18H21FN6O4/c1-18(12-5-3-2-4-6-12,13-9-20-17(27)28-13)15(26)23-24-7-8-25(14(19)10-24)16-21-11-22-29-16/h2-6,11,13-14H,7-10H2,1H3,(H,20,27)(H,23,26). The van der Waals surface area contributed by atoms with Crippen LogP contribution in [0.1, 0.15) is 12.5 Å². The molecular formula is C18H21FN6O4. The van der Waals surface area contributed by atoms with E-state index < -0.39 is 23.9 Å². The Kier molecular flexibility index (Phi) is 5.05. The first-order valence-corrected chi connectivity index (χ1v) is 9.22. The molecule has 2 amide bonds. The Morgan fingerprint density at radius 1 is 1.34 bits per heavy atom. The highest BCUT2D eigenvalue weighted by Crippen LogP contribution is 2.32. The summed E-state index contributed by atoms with van der Waals surface area (Å²) in [6, 6.07) is 9.17. The maximum Gasteiger partial charge on any atom is 0.407 e. The van der Waals surface area contributed by atoms with Crippen molar-refractivity contribution in [2.45, 2.75) is 24.7 Å². The highest BCUT2D eigenvalue weighted by atomic mass is 19.1. The van der Waals surface area contributed by atoms with Crippen molar-refractivity contribution in [3.05, 3.63) is 42.2 Å². The lowest BCUT2D eigenvalue weighted by molar-refractivity contribution is -0.135. The molecule has 29 heavy (non-hydrogen) atoms. The van der Waals surface area contributed by atoms with Gasteiger partial charge in [-0.05, 0) is 12.5 Å². The number of alkyl carbamates (subject to hydrolysis) is 1. The van der Waals surface area contributed by atoms with E-state index in [1.54, 1.807) is 19.1 Å². The van der Waals surface area contributed by atoms with Gasteiger partial charge in [0, 0.05) is 13.1 Å². The quantitative estimate of drug-likeness (QED) is 0.696. The van der Waals surface area contributed by atoms with E-state index in [1.807, 2.05) is 18.2 Å². The minimum absolute atomic E-state index is 0.0817. The van der Waals surface area contributed by atoms with E-state index in [9.17, 15) is 14.0 Å². The van der Waals surface area contributed by atoms with E-state index in [4.69, 9.17) is 9.26 Å². The normalized spacial score (nSPS) is 24.5. The number of nitrogens with one attached hydrogen (secondary N) is 2. The zero-order valence-electron chi connectivity index (χ0n) is 15.7. The molecule has 0 radical (unpaired) electrons. The van der Waals surface area contributed by atoms with Crippen LogP contribution in [0.4, 0.5) is 15.2 Å². The molecule has 154 valence electrons. The van der Waals surface area contributed by atoms with Crippen LogP contribution in [0, 0.1) is 0 Å². The van der Waals surface area contributed by atoms with E-state index >= 15 is 0 Å². The number of benzene rings is 1. The van der Waals surface area contributed by atoms with Gasteiger partial charge >= 0.3 is 12.1 Å². The predicted octanol–water partition coefficient (Wildman–Crippen LogP) is 0.585. The molecule has 11 heteroatoms. The third kappa shape index (κ3) is 3.60. The van der Waals surface area contributed by atoms with Crippen LogP contribution in [-0.4, -0.2) is 65.7 Å². The van der Waals surface area contributed by atoms with Crippen LogP contribution in [0.5, 0.6) is 0 Å². The molecule has 3 heterocycles. The highest BCUT2D eigenvalue weighted by molar-refractivity contribution is 5.89. The van der Waals surface area contributed by atoms with Crippen LogP contribution in [0.25, 0.3) is 0 Å². The van der Waals surface area contributed by atoms with Crippen molar-refractivity contribution >= 4 is 18.0 Å². The average molecular weight is 404 g/mol. The van der Waals surface area contributed by atoms with Crippen LogP contribution in [0.15, 0.2) is 41.2 Å². The van der Waals surface area contributed by atoms with Gasteiger partial charge in [0.15, 0.2) is 12.6 Å². The third-order valence-corrected chi connectivity index (χ3v) is 5.35. The highest BCUT2D eigenvalue weighted by Gasteiger charge is 2.48. The van der Waals surface area contributed by atoms with E-state index in [0.29, 0.717) is 12.1 Å². The molecule has 3 atom stereocenters. The lowest BCUT2D eigenvalue weighted by Gasteiger charge is -2.39. The smallest absolute Gasteiger partial charge is 0.407 e. The number of hydrazine groups is 1. The predicted molar refractivity (Wildman–Crippen MR) is 98.3 cm³/mol. The molecule has 0 aliphatic carbocycles. The average Bonchev–Trinajstić information content (AvgIpc) is 3.40. The minimum Gasteiger partial charge on any atom is -0.443 e. The molecule has 0 spiro atoms. The third-order valence-electron chi connectivity index (χ3n) is 5.35. The minimum atomic E-state index is -1.43. The Labute approximate surface area is 166 Å². The van der Waals surface area contributed by atoms with Gasteiger partial charge in [0.05, 0.1) is 13.1 Å². The Bertz CT molecular complexity index is 867. The Morgan fingerprint density at radius 2 is 2.14 bits per heavy atom. The number of amides is 2. The molecule has 10 nitrogen and oxygen atoms in total. The molecule has 2 fully saturated rings. The van der Waals surface area contributed by atoms with Crippen molar-refractivity contribution in [2.75, 3.05) is 31.1 Å². The number of rotatable bonds is 5. The summed E-state index contributed by atoms with van der Waals surface area (Å²) >= 11 is 0. The van der Waals surface area contributed by atoms with Gasteiger partial charge < -0.3 is 14.6 Å². The maximum absolute atomic E-state index is 14.6. The number of cyclic esters (lactones) is 1. The molecule has 4 rings (SSSR count). The summed E-state index contributed by atoms with van der Waals surface area (Å²) in [6.45, 7) is 2.44. The van der Waals surface area contributed by atoms with Crippen LogP contribution in [0.2, 0.25) is 0 Å². The first-order chi connectivity index (χ1) is 14.0. The van der Waals surface area contributed by atoms with Gasteiger partial charge in [0.2, 0.25) is 5.91 Å². The SMILES string of the molecule is CC(C(=O)NN1CCN(c2ncno2)C(F)C1)(c1ccccc1)C1CNC(=O)O1. The van der Waals surface area contributed by atoms with Crippen molar-refractivity contribution in [3.8, 4) is 0 Å². The second kappa shape index (κ2) is 7.66. The number of nitrogens with zero attached hydrogens (tertiary/aromatic N) is 4. The van der Waals surface area contributed by atoms with Crippen LogP contribution < -0.4 is 15.6 Å². The molecular weight excluding hydrogens is 383 g/mol. The van der Waals surface area contributed by atoms with Gasteiger partial charge in [-0.3, -0.25) is 15.1 Å². The molecule has 2 aliphatic heterocycles. The zero-order valence-corrected chi connectivity index (χ0v) is 15.7. The second-order valence-electron chi connectivity index (χ2n) is 7.08. The number of aromatic nitrogens is 2. The summed E-state index contributed by atoms with van der Waals surface area (Å²) < 4.78 is 24.9. The van der Waals surface area contributed by atoms with Crippen molar-refractivity contribution in [2.24, 2.45) is 0 Å². The fraction of sp³-hybridized carbons (Fsp3) is 0.444. The van der Waals surface area contributed by atoms with Crippen LogP contribution in [0.3, 0.4) is 0 Å². The number of halogens is 1. The number of alkyl halides is 1. The molecule has 2 saturated heterocycles. The molecule has 1 aromatic carbocycles. The monoisotopic (exact) mass is 404 g/mol. The fourth-order valence-electron chi connectivity index (χ4n) is 3.57. The summed E-state index contributed by atoms with van der Waals surface area (Å²) in [5, 5.41) is 7.58. The summed E-state index contributed by atoms with van der Waals surface area (Å²) in [6.07, 6.45) is -1.49. The number of carbonyl (C=O) groups is 2. The summed E-state index contributed by atoms with van der Waals surface area (Å²) in [4.78, 5) is 30.1. The Balaban J connectivity index is 1.49. The largest absolute Gasteiger partial charge is 0.443 e. The zero-order chi connectivity index (χ0) is 20.4. The molecule has 1 aromatic heterocycles. The van der Waals surface area contributed by atoms with Gasteiger partial charge in [0.1, 0.15) is 11.5 Å². The van der Waals surface area contributed by atoms with Gasteiger partial charge in [-0.1, -0.05) is 35.5 Å². The molecule has 0 bridgehead atoms. The van der Waals surface area contributed by atoms with Crippen LogP contribution >= 0.6 is 0 Å². The molecule has 0 saturated carbocycles. The van der Waals surface area contributed by atoms with E-state index in [1.165, 1.54) is 16.2 Å². The number of anilines is 1. The molecule has 2 aliphatic rings. The van der Waals surface area contributed by atoms with Gasteiger partial charge in [-0.15, -0.1) is 0 Å². The lowest BCUT2D eigenvalue weighted by Crippen LogP contribution is -2.61. The molecule has 2 aromatic rings. The number of hydrogen-bond acceptors (Lipinski definition) is 8. The maximum atomic E-state index is 14.6. The number of piperazine rings is 1. The van der Waals surface area contributed by atoms with Gasteiger partial charge in [0.25, 0.3) is 0 Å². The van der Waals surface area contributed by atoms with Crippen molar-refractivity contribution in [1.29, 1.82) is 0 Å². The van der Waals surface area contributed by atoms with Gasteiger partial charge in [-0.2, -0.15) is 4.98 Å². The second-order valence-corrected chi connectivity index (χ2v) is 7.08. The van der Waals surface area contributed by atoms with Crippen LogP contribution in [-0.2, 0) is 14.9 Å². The summed E-state index contributed by atoms with van der Waals surface area (Å²) in [7, 11) is 0. The number of carbonyl (C=O) groups excluding carboxylic acids is 2. The van der Waals surface area contributed by atoms with Crippen molar-refractivity contribution in [3.63, 3.8) is 0 Å². The Hall–Kier alpha value is -3.21. The number of ether oxygens (including phenoxy) is 1. The number of hydrogen-bond donors (Lipinski definition) is 2. The van der Waals surface area contributed by atoms with Crippen molar-refractivity contribution < 1.29 is 23.2 Å². The molecule has 2 N–H and O–H groups in total. The fourth-order valence-corrected chi connectivity index (χ4v) is 3.57. The van der Waals surface area contributed by atoms with E-state index in [-0.39, 0.29) is 31.6 Å². The first-order valence-electron chi connectivity index (χ1n) is 9.22. The first kappa shape index (κ1) is 19.1. The van der Waals surface area contributed by atoms with Gasteiger partial charge in [-0.25, -0.2) is 14.2 Å². The molecule has 3 unspecified atom stereocenters.